The summed E-state index contributed by atoms with van der Waals surface area (Å²) >= 11 is 0. The third kappa shape index (κ3) is 3.30. The number of hydrogen-bond acceptors (Lipinski definition) is 5. The summed E-state index contributed by atoms with van der Waals surface area (Å²) in [5.74, 6) is 0. The van der Waals surface area contributed by atoms with Crippen molar-refractivity contribution in [2.45, 2.75) is 0 Å². The van der Waals surface area contributed by atoms with Crippen LogP contribution < -0.4 is 27.8 Å². The molecule has 0 saturated heterocycles. The predicted octanol–water partition coefficient (Wildman–Crippen LogP) is 0.0100. The molecule has 0 saturated carbocycles. The fraction of sp³-hybridized carbons (Fsp3) is 0.400. The molecule has 8 N–H and O–H groups in total. The van der Waals surface area contributed by atoms with Gasteiger partial charge in [0, 0.05) is 26.2 Å². The molecule has 84 valence electrons. The van der Waals surface area contributed by atoms with E-state index < -0.39 is 0 Å². The zero-order chi connectivity index (χ0) is 11.1. The molecule has 0 heterocycles. The SMILES string of the molecule is NCCNc1cccc(N)c1NCCN. The van der Waals surface area contributed by atoms with E-state index in [2.05, 4.69) is 10.6 Å². The highest BCUT2D eigenvalue weighted by Crippen LogP contribution is 2.27. The average Bonchev–Trinajstić information content (AvgIpc) is 2.25. The third-order valence-electron chi connectivity index (χ3n) is 2.00. The Kier molecular flexibility index (Phi) is 4.73. The van der Waals surface area contributed by atoms with Gasteiger partial charge in [-0.25, -0.2) is 0 Å². The normalized spacial score (nSPS) is 10.0. The molecule has 15 heavy (non-hydrogen) atoms. The monoisotopic (exact) mass is 209 g/mol. The number of nitrogens with one attached hydrogen (secondary N) is 2. The molecule has 0 fully saturated rings. The van der Waals surface area contributed by atoms with Crippen molar-refractivity contribution in [3.8, 4) is 0 Å². The lowest BCUT2D eigenvalue weighted by molar-refractivity contribution is 1.01. The highest BCUT2D eigenvalue weighted by atomic mass is 15.0. The Balaban J connectivity index is 2.77. The minimum Gasteiger partial charge on any atom is -0.397 e. The first-order valence-electron chi connectivity index (χ1n) is 5.06. The summed E-state index contributed by atoms with van der Waals surface area (Å²) in [4.78, 5) is 0. The molecular weight excluding hydrogens is 190 g/mol. The minimum absolute atomic E-state index is 0.574. The van der Waals surface area contributed by atoms with Gasteiger partial charge in [0.15, 0.2) is 0 Å². The summed E-state index contributed by atoms with van der Waals surface area (Å²) in [7, 11) is 0. The van der Waals surface area contributed by atoms with Crippen LogP contribution in [0.15, 0.2) is 18.2 Å². The number of rotatable bonds is 6. The van der Waals surface area contributed by atoms with Crippen molar-refractivity contribution in [1.82, 2.24) is 0 Å². The van der Waals surface area contributed by atoms with E-state index in [0.717, 1.165) is 17.9 Å². The van der Waals surface area contributed by atoms with Gasteiger partial charge in [-0.1, -0.05) is 6.07 Å². The second-order valence-corrected chi connectivity index (χ2v) is 3.20. The lowest BCUT2D eigenvalue weighted by atomic mass is 10.2. The zero-order valence-electron chi connectivity index (χ0n) is 8.79. The van der Waals surface area contributed by atoms with Gasteiger partial charge in [-0.2, -0.15) is 0 Å². The standard InChI is InChI=1S/C10H19N5/c11-4-6-14-9-3-1-2-8(13)10(9)15-7-5-12/h1-3,14-15H,4-7,11-13H2. The van der Waals surface area contributed by atoms with Crippen LogP contribution in [0.25, 0.3) is 0 Å². The summed E-state index contributed by atoms with van der Waals surface area (Å²) in [5, 5.41) is 6.39. The number of anilines is 3. The van der Waals surface area contributed by atoms with Crippen molar-refractivity contribution >= 4 is 17.1 Å². The average molecular weight is 209 g/mol. The van der Waals surface area contributed by atoms with Crippen LogP contribution in [0.4, 0.5) is 17.1 Å². The van der Waals surface area contributed by atoms with E-state index in [1.807, 2.05) is 18.2 Å². The quantitative estimate of drug-likeness (QED) is 0.425. The van der Waals surface area contributed by atoms with Gasteiger partial charge in [0.05, 0.1) is 17.1 Å². The number of nitrogen functional groups attached to an aromatic ring is 1. The molecule has 0 aliphatic rings. The van der Waals surface area contributed by atoms with Gasteiger partial charge in [0.1, 0.15) is 0 Å². The van der Waals surface area contributed by atoms with Crippen molar-refractivity contribution in [2.75, 3.05) is 42.5 Å². The maximum absolute atomic E-state index is 5.86. The van der Waals surface area contributed by atoms with Crippen LogP contribution in [0, 0.1) is 0 Å². The van der Waals surface area contributed by atoms with Gasteiger partial charge >= 0.3 is 0 Å². The summed E-state index contributed by atoms with van der Waals surface area (Å²) in [5.41, 5.74) is 19.3. The maximum Gasteiger partial charge on any atom is 0.0809 e. The van der Waals surface area contributed by atoms with Gasteiger partial charge in [-0.3, -0.25) is 0 Å². The molecular formula is C10H19N5. The highest BCUT2D eigenvalue weighted by molar-refractivity contribution is 5.81. The third-order valence-corrected chi connectivity index (χ3v) is 2.00. The van der Waals surface area contributed by atoms with Crippen LogP contribution >= 0.6 is 0 Å². The molecule has 0 spiro atoms. The molecule has 5 heteroatoms. The number of para-hydroxylation sites is 1. The molecule has 0 aromatic heterocycles. The van der Waals surface area contributed by atoms with Crippen LogP contribution in [-0.4, -0.2) is 26.2 Å². The first-order valence-corrected chi connectivity index (χ1v) is 5.06. The van der Waals surface area contributed by atoms with Gasteiger partial charge in [-0.05, 0) is 12.1 Å². The molecule has 0 aliphatic heterocycles. The Hall–Kier alpha value is -1.46. The molecule has 1 aromatic rings. The molecule has 0 unspecified atom stereocenters. The van der Waals surface area contributed by atoms with Crippen molar-refractivity contribution in [3.05, 3.63) is 18.2 Å². The van der Waals surface area contributed by atoms with Gasteiger partial charge in [0.25, 0.3) is 0 Å². The van der Waals surface area contributed by atoms with Crippen molar-refractivity contribution in [1.29, 1.82) is 0 Å². The van der Waals surface area contributed by atoms with E-state index in [9.17, 15) is 0 Å². The minimum atomic E-state index is 0.574. The van der Waals surface area contributed by atoms with E-state index in [4.69, 9.17) is 17.2 Å². The van der Waals surface area contributed by atoms with Crippen molar-refractivity contribution in [3.63, 3.8) is 0 Å². The van der Waals surface area contributed by atoms with Crippen LogP contribution in [-0.2, 0) is 0 Å². The first kappa shape index (κ1) is 11.6. The van der Waals surface area contributed by atoms with Gasteiger partial charge in [-0.15, -0.1) is 0 Å². The Morgan fingerprint density at radius 2 is 1.67 bits per heavy atom. The summed E-state index contributed by atoms with van der Waals surface area (Å²) < 4.78 is 0. The maximum atomic E-state index is 5.86. The molecule has 1 aromatic carbocycles. The Morgan fingerprint density at radius 1 is 1.00 bits per heavy atom. The second-order valence-electron chi connectivity index (χ2n) is 3.20. The Bertz CT molecular complexity index is 300. The molecule has 0 amide bonds. The van der Waals surface area contributed by atoms with Crippen LogP contribution in [0.2, 0.25) is 0 Å². The van der Waals surface area contributed by atoms with Crippen molar-refractivity contribution in [2.24, 2.45) is 11.5 Å². The van der Waals surface area contributed by atoms with Crippen molar-refractivity contribution < 1.29 is 0 Å². The van der Waals surface area contributed by atoms with Crippen LogP contribution in [0.3, 0.4) is 0 Å². The predicted molar refractivity (Wildman–Crippen MR) is 65.9 cm³/mol. The van der Waals surface area contributed by atoms with Gasteiger partial charge < -0.3 is 27.8 Å². The van der Waals surface area contributed by atoms with Crippen LogP contribution in [0.1, 0.15) is 0 Å². The van der Waals surface area contributed by atoms with Crippen LogP contribution in [0.5, 0.6) is 0 Å². The summed E-state index contributed by atoms with van der Waals surface area (Å²) in [6.07, 6.45) is 0. The molecule has 0 aliphatic carbocycles. The van der Waals surface area contributed by atoms with E-state index in [-0.39, 0.29) is 0 Å². The van der Waals surface area contributed by atoms with Gasteiger partial charge in [0.2, 0.25) is 0 Å². The molecule has 0 bridgehead atoms. The Labute approximate surface area is 90.0 Å². The first-order chi connectivity index (χ1) is 7.29. The zero-order valence-corrected chi connectivity index (χ0v) is 8.79. The largest absolute Gasteiger partial charge is 0.397 e. The van der Waals surface area contributed by atoms with E-state index in [0.29, 0.717) is 25.3 Å². The Morgan fingerprint density at radius 3 is 2.33 bits per heavy atom. The highest BCUT2D eigenvalue weighted by Gasteiger charge is 2.03. The molecule has 5 nitrogen and oxygen atoms in total. The number of benzene rings is 1. The topological polar surface area (TPSA) is 102 Å². The summed E-state index contributed by atoms with van der Waals surface area (Å²) in [6, 6.07) is 5.72. The number of nitrogens with two attached hydrogens (primary N) is 3. The van der Waals surface area contributed by atoms with E-state index in [1.165, 1.54) is 0 Å². The smallest absolute Gasteiger partial charge is 0.0809 e. The summed E-state index contributed by atoms with van der Waals surface area (Å²) in [6.45, 7) is 2.59. The number of hydrogen-bond donors (Lipinski definition) is 5. The molecule has 1 rings (SSSR count). The lowest BCUT2D eigenvalue weighted by Crippen LogP contribution is -2.17. The second kappa shape index (κ2) is 6.10. The van der Waals surface area contributed by atoms with E-state index >= 15 is 0 Å². The fourth-order valence-electron chi connectivity index (χ4n) is 1.32. The lowest BCUT2D eigenvalue weighted by Gasteiger charge is -2.15. The molecule has 0 atom stereocenters. The molecule has 0 radical (unpaired) electrons. The fourth-order valence-corrected chi connectivity index (χ4v) is 1.32. The van der Waals surface area contributed by atoms with E-state index in [1.54, 1.807) is 0 Å².